The van der Waals surface area contributed by atoms with Crippen molar-refractivity contribution >= 4 is 17.7 Å². The van der Waals surface area contributed by atoms with Gasteiger partial charge in [0.15, 0.2) is 11.0 Å². The number of thioether (sulfide) groups is 1. The van der Waals surface area contributed by atoms with E-state index in [0.29, 0.717) is 40.8 Å². The Balaban J connectivity index is 1.70. The minimum absolute atomic E-state index is 0.0208. The third-order valence-corrected chi connectivity index (χ3v) is 6.73. The SMILES string of the molecule is CC(C)Cn1c(SCC(=O)N[C@H]2CCC[C@H](C)[C@@H]2C)nnc1-c1ccccc1F. The maximum atomic E-state index is 14.3. The Hall–Kier alpha value is -1.89. The highest BCUT2D eigenvalue weighted by Crippen LogP contribution is 2.30. The molecule has 1 N–H and O–H groups in total. The monoisotopic (exact) mass is 418 g/mol. The first-order valence-electron chi connectivity index (χ1n) is 10.5. The first-order chi connectivity index (χ1) is 13.9. The molecule has 0 unspecified atom stereocenters. The molecule has 1 aromatic carbocycles. The van der Waals surface area contributed by atoms with Gasteiger partial charge in [0.05, 0.1) is 11.3 Å². The number of aromatic nitrogens is 3. The Morgan fingerprint density at radius 1 is 1.28 bits per heavy atom. The van der Waals surface area contributed by atoms with E-state index in [4.69, 9.17) is 0 Å². The molecule has 0 spiro atoms. The summed E-state index contributed by atoms with van der Waals surface area (Å²) in [6.45, 7) is 9.34. The van der Waals surface area contributed by atoms with Crippen molar-refractivity contribution in [3.8, 4) is 11.4 Å². The number of nitrogens with one attached hydrogen (secondary N) is 1. The Morgan fingerprint density at radius 3 is 2.76 bits per heavy atom. The normalized spacial score (nSPS) is 22.1. The van der Waals surface area contributed by atoms with Gasteiger partial charge in [-0.3, -0.25) is 4.79 Å². The molecule has 3 rings (SSSR count). The van der Waals surface area contributed by atoms with Gasteiger partial charge in [-0.2, -0.15) is 0 Å². The summed E-state index contributed by atoms with van der Waals surface area (Å²) in [6.07, 6.45) is 3.45. The maximum Gasteiger partial charge on any atom is 0.230 e. The Morgan fingerprint density at radius 2 is 2.03 bits per heavy atom. The molecule has 0 aliphatic heterocycles. The van der Waals surface area contributed by atoms with Crippen LogP contribution in [0.3, 0.4) is 0 Å². The molecule has 1 fully saturated rings. The van der Waals surface area contributed by atoms with Crippen molar-refractivity contribution in [2.75, 3.05) is 5.75 Å². The van der Waals surface area contributed by atoms with E-state index >= 15 is 0 Å². The van der Waals surface area contributed by atoms with Crippen LogP contribution < -0.4 is 5.32 Å². The lowest BCUT2D eigenvalue weighted by molar-refractivity contribution is -0.120. The second-order valence-electron chi connectivity index (χ2n) is 8.52. The van der Waals surface area contributed by atoms with Crippen molar-refractivity contribution in [1.29, 1.82) is 0 Å². The molecule has 1 amide bonds. The highest BCUT2D eigenvalue weighted by molar-refractivity contribution is 7.99. The highest BCUT2D eigenvalue weighted by Gasteiger charge is 2.28. The molecule has 1 heterocycles. The molecule has 0 radical (unpaired) electrons. The molecule has 1 saturated carbocycles. The topological polar surface area (TPSA) is 59.8 Å². The van der Waals surface area contributed by atoms with E-state index in [1.165, 1.54) is 24.2 Å². The lowest BCUT2D eigenvalue weighted by Crippen LogP contribution is -2.44. The van der Waals surface area contributed by atoms with Gasteiger partial charge in [-0.05, 0) is 36.3 Å². The summed E-state index contributed by atoms with van der Waals surface area (Å²) in [4.78, 5) is 12.6. The molecule has 3 atom stereocenters. The van der Waals surface area contributed by atoms with Crippen LogP contribution in [0.4, 0.5) is 4.39 Å². The molecule has 0 saturated heterocycles. The molecule has 7 heteroatoms. The number of rotatable bonds is 7. The van der Waals surface area contributed by atoms with Crippen LogP contribution in [-0.4, -0.2) is 32.5 Å². The average molecular weight is 419 g/mol. The number of halogens is 1. The predicted octanol–water partition coefficient (Wildman–Crippen LogP) is 4.77. The van der Waals surface area contributed by atoms with Gasteiger partial charge < -0.3 is 9.88 Å². The summed E-state index contributed by atoms with van der Waals surface area (Å²) in [5.41, 5.74) is 0.432. The molecule has 1 aromatic heterocycles. The zero-order chi connectivity index (χ0) is 21.0. The Bertz CT molecular complexity index is 838. The van der Waals surface area contributed by atoms with Crippen molar-refractivity contribution in [2.24, 2.45) is 17.8 Å². The van der Waals surface area contributed by atoms with Crippen molar-refractivity contribution < 1.29 is 9.18 Å². The fourth-order valence-electron chi connectivity index (χ4n) is 3.93. The van der Waals surface area contributed by atoms with Gasteiger partial charge in [0.2, 0.25) is 5.91 Å². The van der Waals surface area contributed by atoms with Gasteiger partial charge in [-0.25, -0.2) is 4.39 Å². The summed E-state index contributed by atoms with van der Waals surface area (Å²) in [7, 11) is 0. The fraction of sp³-hybridized carbons (Fsp3) is 0.591. The Kier molecular flexibility index (Phi) is 7.33. The molecule has 158 valence electrons. The van der Waals surface area contributed by atoms with Crippen LogP contribution in [0.25, 0.3) is 11.4 Å². The first-order valence-corrected chi connectivity index (χ1v) is 11.5. The number of amides is 1. The lowest BCUT2D eigenvalue weighted by Gasteiger charge is -2.34. The largest absolute Gasteiger partial charge is 0.352 e. The fourth-order valence-corrected chi connectivity index (χ4v) is 4.69. The highest BCUT2D eigenvalue weighted by atomic mass is 32.2. The van der Waals surface area contributed by atoms with Crippen molar-refractivity contribution in [3.05, 3.63) is 30.1 Å². The molecular formula is C22H31FN4OS. The number of carbonyl (C=O) groups excluding carboxylic acids is 1. The summed E-state index contributed by atoms with van der Waals surface area (Å²) in [5.74, 6) is 1.97. The second-order valence-corrected chi connectivity index (χ2v) is 9.46. The van der Waals surface area contributed by atoms with Gasteiger partial charge in [-0.1, -0.05) is 64.4 Å². The lowest BCUT2D eigenvalue weighted by atomic mass is 9.78. The smallest absolute Gasteiger partial charge is 0.230 e. The Labute approximate surface area is 176 Å². The van der Waals surface area contributed by atoms with Crippen LogP contribution in [0.15, 0.2) is 29.4 Å². The molecule has 1 aliphatic carbocycles. The van der Waals surface area contributed by atoms with E-state index in [1.807, 2.05) is 4.57 Å². The van der Waals surface area contributed by atoms with E-state index in [1.54, 1.807) is 18.2 Å². The third-order valence-electron chi connectivity index (χ3n) is 5.76. The number of nitrogens with zero attached hydrogens (tertiary/aromatic N) is 3. The van der Waals surface area contributed by atoms with Gasteiger partial charge in [-0.15, -0.1) is 10.2 Å². The number of hydrogen-bond acceptors (Lipinski definition) is 4. The molecular weight excluding hydrogens is 387 g/mol. The number of hydrogen-bond donors (Lipinski definition) is 1. The number of carbonyl (C=O) groups is 1. The zero-order valence-electron chi connectivity index (χ0n) is 17.7. The molecule has 1 aliphatic rings. The first kappa shape index (κ1) is 21.8. The average Bonchev–Trinajstić information content (AvgIpc) is 3.06. The maximum absolute atomic E-state index is 14.3. The van der Waals surface area contributed by atoms with Crippen LogP contribution in [0.2, 0.25) is 0 Å². The van der Waals surface area contributed by atoms with E-state index in [0.717, 1.165) is 12.8 Å². The van der Waals surface area contributed by atoms with Gasteiger partial charge >= 0.3 is 0 Å². The predicted molar refractivity (Wildman–Crippen MR) is 115 cm³/mol. The number of benzene rings is 1. The van der Waals surface area contributed by atoms with Crippen LogP contribution in [0, 0.1) is 23.6 Å². The van der Waals surface area contributed by atoms with Crippen LogP contribution in [0.1, 0.15) is 47.0 Å². The molecule has 29 heavy (non-hydrogen) atoms. The standard InChI is InChI=1S/C22H31FN4OS/c1-14(2)12-27-21(17-9-5-6-10-18(17)23)25-26-22(27)29-13-20(28)24-19-11-7-8-15(3)16(19)4/h5-6,9-10,14-16,19H,7-8,11-13H2,1-4H3,(H,24,28)/t15-,16-,19-/m0/s1. The van der Waals surface area contributed by atoms with Crippen molar-refractivity contribution in [3.63, 3.8) is 0 Å². The molecule has 0 bridgehead atoms. The van der Waals surface area contributed by atoms with Gasteiger partial charge in [0.1, 0.15) is 5.82 Å². The summed E-state index contributed by atoms with van der Waals surface area (Å²) < 4.78 is 16.2. The zero-order valence-corrected chi connectivity index (χ0v) is 18.5. The molecule has 2 aromatic rings. The van der Waals surface area contributed by atoms with Crippen LogP contribution in [0.5, 0.6) is 0 Å². The van der Waals surface area contributed by atoms with Crippen LogP contribution >= 0.6 is 11.8 Å². The van der Waals surface area contributed by atoms with Gasteiger partial charge in [0, 0.05) is 12.6 Å². The molecule has 5 nitrogen and oxygen atoms in total. The minimum atomic E-state index is -0.320. The van der Waals surface area contributed by atoms with Crippen LogP contribution in [-0.2, 0) is 11.3 Å². The van der Waals surface area contributed by atoms with E-state index in [-0.39, 0.29) is 23.5 Å². The van der Waals surface area contributed by atoms with Crippen molar-refractivity contribution in [1.82, 2.24) is 20.1 Å². The quantitative estimate of drug-likeness (QED) is 0.658. The second kappa shape index (κ2) is 9.74. The minimum Gasteiger partial charge on any atom is -0.352 e. The van der Waals surface area contributed by atoms with Crippen molar-refractivity contribution in [2.45, 2.75) is 64.7 Å². The van der Waals surface area contributed by atoms with E-state index in [9.17, 15) is 9.18 Å². The van der Waals surface area contributed by atoms with E-state index < -0.39 is 0 Å². The van der Waals surface area contributed by atoms with E-state index in [2.05, 4.69) is 43.2 Å². The third kappa shape index (κ3) is 5.38. The summed E-state index contributed by atoms with van der Waals surface area (Å²) >= 11 is 1.36. The van der Waals surface area contributed by atoms with Gasteiger partial charge in [0.25, 0.3) is 0 Å². The summed E-state index contributed by atoms with van der Waals surface area (Å²) in [5, 5.41) is 12.3. The summed E-state index contributed by atoms with van der Waals surface area (Å²) in [6, 6.07) is 6.84.